The lowest BCUT2D eigenvalue weighted by Crippen LogP contribution is -2.35. The Labute approximate surface area is 104 Å². The Morgan fingerprint density at radius 3 is 2.35 bits per heavy atom. The minimum atomic E-state index is 0.310. The fraction of sp³-hybridized carbons (Fsp3) is 0.533. The van der Waals surface area contributed by atoms with Crippen LogP contribution in [0.25, 0.3) is 0 Å². The number of hydrogen-bond acceptors (Lipinski definition) is 2. The van der Waals surface area contributed by atoms with Crippen molar-refractivity contribution in [1.82, 2.24) is 4.90 Å². The fourth-order valence-electron chi connectivity index (χ4n) is 2.45. The third-order valence-corrected chi connectivity index (χ3v) is 3.69. The number of hydrogen-bond donors (Lipinski definition) is 0. The van der Waals surface area contributed by atoms with Crippen molar-refractivity contribution in [3.05, 3.63) is 35.4 Å². The van der Waals surface area contributed by atoms with Crippen molar-refractivity contribution < 1.29 is 4.79 Å². The average Bonchev–Trinajstić information content (AvgIpc) is 2.33. The van der Waals surface area contributed by atoms with Gasteiger partial charge in [0.2, 0.25) is 0 Å². The number of aryl methyl sites for hydroxylation is 1. The second kappa shape index (κ2) is 5.46. The minimum absolute atomic E-state index is 0.310. The molecular weight excluding hydrogens is 210 g/mol. The van der Waals surface area contributed by atoms with Gasteiger partial charge in [0, 0.05) is 12.5 Å². The van der Waals surface area contributed by atoms with Gasteiger partial charge in [0.25, 0.3) is 0 Å². The molecule has 0 bridgehead atoms. The molecule has 1 aliphatic rings. The molecule has 1 aliphatic heterocycles. The fourth-order valence-corrected chi connectivity index (χ4v) is 2.45. The summed E-state index contributed by atoms with van der Waals surface area (Å²) < 4.78 is 0. The first-order valence-corrected chi connectivity index (χ1v) is 6.43. The van der Waals surface area contributed by atoms with Gasteiger partial charge in [0.1, 0.15) is 5.78 Å². The molecule has 92 valence electrons. The van der Waals surface area contributed by atoms with E-state index in [1.165, 1.54) is 11.1 Å². The number of carbonyl (C=O) groups is 1. The summed E-state index contributed by atoms with van der Waals surface area (Å²) >= 11 is 0. The summed E-state index contributed by atoms with van der Waals surface area (Å²) in [6.45, 7) is 6.96. The first kappa shape index (κ1) is 12.3. The molecule has 2 heteroatoms. The molecule has 1 aromatic carbocycles. The van der Waals surface area contributed by atoms with Crippen molar-refractivity contribution in [2.75, 3.05) is 13.1 Å². The predicted molar refractivity (Wildman–Crippen MR) is 69.9 cm³/mol. The topological polar surface area (TPSA) is 20.3 Å². The van der Waals surface area contributed by atoms with Crippen LogP contribution in [-0.2, 0) is 11.3 Å². The molecule has 1 heterocycles. The van der Waals surface area contributed by atoms with Gasteiger partial charge < -0.3 is 0 Å². The molecule has 0 aromatic heterocycles. The monoisotopic (exact) mass is 231 g/mol. The van der Waals surface area contributed by atoms with E-state index in [1.807, 2.05) is 0 Å². The van der Waals surface area contributed by atoms with Gasteiger partial charge in [-0.2, -0.15) is 0 Å². The Bertz CT molecular complexity index is 374. The molecular formula is C15H21NO. The molecule has 2 rings (SSSR count). The highest BCUT2D eigenvalue weighted by Crippen LogP contribution is 2.19. The Balaban J connectivity index is 1.85. The molecule has 0 spiro atoms. The normalized spacial score (nSPS) is 18.2. The zero-order chi connectivity index (χ0) is 12.3. The zero-order valence-electron chi connectivity index (χ0n) is 10.8. The highest BCUT2D eigenvalue weighted by Gasteiger charge is 2.21. The van der Waals surface area contributed by atoms with Gasteiger partial charge in [-0.05, 0) is 45.3 Å². The number of ketones is 1. The number of carbonyl (C=O) groups excluding carboxylic acids is 1. The molecule has 0 atom stereocenters. The maximum absolute atomic E-state index is 11.3. The average molecular weight is 231 g/mol. The Morgan fingerprint density at radius 2 is 1.82 bits per heavy atom. The third kappa shape index (κ3) is 3.40. The molecule has 0 saturated carbocycles. The van der Waals surface area contributed by atoms with Crippen LogP contribution in [0.5, 0.6) is 0 Å². The van der Waals surface area contributed by atoms with Crippen LogP contribution in [0.15, 0.2) is 24.3 Å². The van der Waals surface area contributed by atoms with Crippen LogP contribution in [0.1, 0.15) is 30.9 Å². The molecule has 1 aromatic rings. The van der Waals surface area contributed by atoms with Crippen LogP contribution in [-0.4, -0.2) is 23.8 Å². The molecule has 0 radical (unpaired) electrons. The second-order valence-corrected chi connectivity index (χ2v) is 5.15. The van der Waals surface area contributed by atoms with Crippen molar-refractivity contribution in [1.29, 1.82) is 0 Å². The molecule has 1 fully saturated rings. The number of rotatable bonds is 3. The molecule has 0 amide bonds. The van der Waals surface area contributed by atoms with E-state index < -0.39 is 0 Å². The maximum Gasteiger partial charge on any atom is 0.133 e. The van der Waals surface area contributed by atoms with Gasteiger partial charge in [-0.15, -0.1) is 0 Å². The summed E-state index contributed by atoms with van der Waals surface area (Å²) in [5, 5.41) is 0. The third-order valence-electron chi connectivity index (χ3n) is 3.69. The predicted octanol–water partition coefficient (Wildman–Crippen LogP) is 2.80. The van der Waals surface area contributed by atoms with Crippen molar-refractivity contribution in [3.63, 3.8) is 0 Å². The highest BCUT2D eigenvalue weighted by atomic mass is 16.1. The molecule has 2 nitrogen and oxygen atoms in total. The van der Waals surface area contributed by atoms with Gasteiger partial charge in [0.05, 0.1) is 0 Å². The summed E-state index contributed by atoms with van der Waals surface area (Å²) in [6.07, 6.45) is 2.06. The van der Waals surface area contributed by atoms with Crippen molar-refractivity contribution in [2.45, 2.75) is 33.2 Å². The smallest absolute Gasteiger partial charge is 0.133 e. The standard InChI is InChI=1S/C15H21NO/c1-12-3-5-14(6-4-12)11-16-9-7-15(8-10-16)13(2)17/h3-6,15H,7-11H2,1-2H3. The molecule has 0 N–H and O–H groups in total. The van der Waals surface area contributed by atoms with E-state index >= 15 is 0 Å². The summed E-state index contributed by atoms with van der Waals surface area (Å²) in [4.78, 5) is 13.7. The van der Waals surface area contributed by atoms with E-state index in [1.54, 1.807) is 6.92 Å². The first-order chi connectivity index (χ1) is 8.15. The molecule has 0 aliphatic carbocycles. The van der Waals surface area contributed by atoms with Gasteiger partial charge in [-0.3, -0.25) is 9.69 Å². The van der Waals surface area contributed by atoms with Crippen molar-refractivity contribution in [2.24, 2.45) is 5.92 Å². The number of nitrogens with zero attached hydrogens (tertiary/aromatic N) is 1. The van der Waals surface area contributed by atoms with Crippen molar-refractivity contribution >= 4 is 5.78 Å². The van der Waals surface area contributed by atoms with Crippen LogP contribution in [0.4, 0.5) is 0 Å². The maximum atomic E-state index is 11.3. The van der Waals surface area contributed by atoms with Crippen LogP contribution >= 0.6 is 0 Å². The van der Waals surface area contributed by atoms with Gasteiger partial charge in [0.15, 0.2) is 0 Å². The van der Waals surface area contributed by atoms with E-state index in [4.69, 9.17) is 0 Å². The SMILES string of the molecule is CC(=O)C1CCN(Cc2ccc(C)cc2)CC1. The van der Waals surface area contributed by atoms with E-state index in [0.29, 0.717) is 11.7 Å². The first-order valence-electron chi connectivity index (χ1n) is 6.43. The largest absolute Gasteiger partial charge is 0.300 e. The quantitative estimate of drug-likeness (QED) is 0.797. The van der Waals surface area contributed by atoms with E-state index in [-0.39, 0.29) is 0 Å². The Kier molecular flexibility index (Phi) is 3.95. The molecule has 1 saturated heterocycles. The lowest BCUT2D eigenvalue weighted by molar-refractivity contribution is -0.122. The summed E-state index contributed by atoms with van der Waals surface area (Å²) in [7, 11) is 0. The Hall–Kier alpha value is -1.15. The second-order valence-electron chi connectivity index (χ2n) is 5.15. The van der Waals surface area contributed by atoms with Gasteiger partial charge >= 0.3 is 0 Å². The van der Waals surface area contributed by atoms with Crippen LogP contribution in [0.3, 0.4) is 0 Å². The number of benzene rings is 1. The van der Waals surface area contributed by atoms with Crippen molar-refractivity contribution in [3.8, 4) is 0 Å². The Morgan fingerprint density at radius 1 is 1.24 bits per heavy atom. The molecule has 0 unspecified atom stereocenters. The summed E-state index contributed by atoms with van der Waals surface area (Å²) in [5.74, 6) is 0.671. The van der Waals surface area contributed by atoms with Gasteiger partial charge in [-0.1, -0.05) is 29.8 Å². The lowest BCUT2D eigenvalue weighted by atomic mass is 9.93. The minimum Gasteiger partial charge on any atom is -0.300 e. The lowest BCUT2D eigenvalue weighted by Gasteiger charge is -2.30. The van der Waals surface area contributed by atoms with Crippen LogP contribution in [0.2, 0.25) is 0 Å². The van der Waals surface area contributed by atoms with Crippen LogP contribution in [0, 0.1) is 12.8 Å². The van der Waals surface area contributed by atoms with Gasteiger partial charge in [-0.25, -0.2) is 0 Å². The van der Waals surface area contributed by atoms with E-state index in [2.05, 4.69) is 36.1 Å². The number of likely N-dealkylation sites (tertiary alicyclic amines) is 1. The van der Waals surface area contributed by atoms with Crippen LogP contribution < -0.4 is 0 Å². The highest BCUT2D eigenvalue weighted by molar-refractivity contribution is 5.78. The number of Topliss-reactive ketones (excluding diaryl/α,β-unsaturated/α-hetero) is 1. The zero-order valence-corrected chi connectivity index (χ0v) is 10.8. The number of piperidine rings is 1. The summed E-state index contributed by atoms with van der Waals surface area (Å²) in [5.41, 5.74) is 2.68. The molecule has 17 heavy (non-hydrogen) atoms. The van der Waals surface area contributed by atoms with E-state index in [9.17, 15) is 4.79 Å². The van der Waals surface area contributed by atoms with E-state index in [0.717, 1.165) is 32.5 Å². The summed E-state index contributed by atoms with van der Waals surface area (Å²) in [6, 6.07) is 8.73.